The standard InChI is InChI=1S/C22H31ClO2/c1-7-11-19(17(10-4)22(24)25)18-12-13-20(23)21(15(18)6)16(9-3)14(5)8-2/h12-13H,7-11H2,1-6H3,(H,24,25)/b16-14+,19-17+. The lowest BCUT2D eigenvalue weighted by atomic mass is 9.86. The van der Waals surface area contributed by atoms with Crippen LogP contribution in [0, 0.1) is 6.92 Å². The van der Waals surface area contributed by atoms with Crippen molar-refractivity contribution in [1.29, 1.82) is 0 Å². The summed E-state index contributed by atoms with van der Waals surface area (Å²) in [4.78, 5) is 11.7. The molecular formula is C22H31ClO2. The second-order valence-corrected chi connectivity index (χ2v) is 6.83. The van der Waals surface area contributed by atoms with E-state index in [1.54, 1.807) is 0 Å². The van der Waals surface area contributed by atoms with Crippen molar-refractivity contribution in [2.24, 2.45) is 0 Å². The highest BCUT2D eigenvalue weighted by atomic mass is 35.5. The number of hydrogen-bond acceptors (Lipinski definition) is 1. The van der Waals surface area contributed by atoms with E-state index in [-0.39, 0.29) is 0 Å². The van der Waals surface area contributed by atoms with Crippen molar-refractivity contribution < 1.29 is 9.90 Å². The molecule has 0 radical (unpaired) electrons. The Balaban J connectivity index is 3.80. The first-order valence-electron chi connectivity index (χ1n) is 9.27. The normalized spacial score (nSPS) is 13.4. The summed E-state index contributed by atoms with van der Waals surface area (Å²) in [6.45, 7) is 12.5. The van der Waals surface area contributed by atoms with Gasteiger partial charge in [0.1, 0.15) is 0 Å². The van der Waals surface area contributed by atoms with E-state index < -0.39 is 5.97 Å². The van der Waals surface area contributed by atoms with E-state index in [1.165, 1.54) is 11.1 Å². The van der Waals surface area contributed by atoms with Crippen LogP contribution in [0.4, 0.5) is 0 Å². The topological polar surface area (TPSA) is 37.3 Å². The van der Waals surface area contributed by atoms with Crippen LogP contribution in [0.5, 0.6) is 0 Å². The Hall–Kier alpha value is -1.54. The Morgan fingerprint density at radius 2 is 1.68 bits per heavy atom. The van der Waals surface area contributed by atoms with E-state index in [4.69, 9.17) is 11.6 Å². The molecule has 0 amide bonds. The fraction of sp³-hybridized carbons (Fsp3) is 0.500. The zero-order valence-electron chi connectivity index (χ0n) is 16.4. The van der Waals surface area contributed by atoms with Crippen molar-refractivity contribution in [2.75, 3.05) is 0 Å². The zero-order valence-corrected chi connectivity index (χ0v) is 17.2. The summed E-state index contributed by atoms with van der Waals surface area (Å²) in [7, 11) is 0. The van der Waals surface area contributed by atoms with Crippen molar-refractivity contribution >= 4 is 28.7 Å². The molecule has 0 bridgehead atoms. The summed E-state index contributed by atoms with van der Waals surface area (Å²) in [5, 5.41) is 10.4. The lowest BCUT2D eigenvalue weighted by molar-refractivity contribution is -0.132. The molecule has 0 aliphatic rings. The summed E-state index contributed by atoms with van der Waals surface area (Å²) in [5.74, 6) is -0.821. The highest BCUT2D eigenvalue weighted by Gasteiger charge is 2.19. The SMILES string of the molecule is CCC/C(=C(/CC)C(=O)O)c1ccc(Cl)c(/C(CC)=C(\C)CC)c1C. The molecule has 2 nitrogen and oxygen atoms in total. The van der Waals surface area contributed by atoms with Gasteiger partial charge in [0.25, 0.3) is 0 Å². The maximum Gasteiger partial charge on any atom is 0.331 e. The lowest BCUT2D eigenvalue weighted by Gasteiger charge is -2.20. The minimum Gasteiger partial charge on any atom is -0.478 e. The number of aliphatic carboxylic acids is 1. The average Bonchev–Trinajstić information content (AvgIpc) is 2.57. The molecule has 1 aromatic carbocycles. The van der Waals surface area contributed by atoms with Crippen LogP contribution in [0.1, 0.15) is 83.4 Å². The number of carboxylic acids is 1. The monoisotopic (exact) mass is 362 g/mol. The van der Waals surface area contributed by atoms with Gasteiger partial charge in [0.15, 0.2) is 0 Å². The number of allylic oxidation sites excluding steroid dienone is 3. The van der Waals surface area contributed by atoms with Crippen molar-refractivity contribution in [3.8, 4) is 0 Å². The van der Waals surface area contributed by atoms with E-state index in [1.807, 2.05) is 19.1 Å². The Labute approximate surface area is 157 Å². The van der Waals surface area contributed by atoms with Gasteiger partial charge in [-0.1, -0.05) is 57.4 Å². The maximum absolute atomic E-state index is 11.7. The van der Waals surface area contributed by atoms with Gasteiger partial charge in [-0.15, -0.1) is 0 Å². The molecule has 3 heteroatoms. The summed E-state index contributed by atoms with van der Waals surface area (Å²) in [5.41, 5.74) is 7.25. The van der Waals surface area contributed by atoms with Crippen molar-refractivity contribution in [3.05, 3.63) is 45.0 Å². The number of rotatable bonds is 8. The number of hydrogen-bond donors (Lipinski definition) is 1. The summed E-state index contributed by atoms with van der Waals surface area (Å²) in [6.07, 6.45) is 4.09. The predicted molar refractivity (Wildman–Crippen MR) is 109 cm³/mol. The average molecular weight is 363 g/mol. The van der Waals surface area contributed by atoms with E-state index in [2.05, 4.69) is 34.6 Å². The second kappa shape index (κ2) is 9.82. The van der Waals surface area contributed by atoms with Gasteiger partial charge in [-0.05, 0) is 73.4 Å². The van der Waals surface area contributed by atoms with E-state index in [0.29, 0.717) is 12.0 Å². The minimum absolute atomic E-state index is 0.507. The second-order valence-electron chi connectivity index (χ2n) is 6.43. The third-order valence-corrected chi connectivity index (χ3v) is 5.23. The summed E-state index contributed by atoms with van der Waals surface area (Å²) < 4.78 is 0. The number of halogens is 1. The van der Waals surface area contributed by atoms with Gasteiger partial charge < -0.3 is 5.11 Å². The third-order valence-electron chi connectivity index (χ3n) is 4.92. The zero-order chi connectivity index (χ0) is 19.1. The van der Waals surface area contributed by atoms with Gasteiger partial charge >= 0.3 is 5.97 Å². The van der Waals surface area contributed by atoms with Crippen LogP contribution < -0.4 is 0 Å². The first kappa shape index (κ1) is 21.5. The van der Waals surface area contributed by atoms with Crippen molar-refractivity contribution in [3.63, 3.8) is 0 Å². The first-order valence-corrected chi connectivity index (χ1v) is 9.65. The van der Waals surface area contributed by atoms with Gasteiger partial charge in [0.05, 0.1) is 0 Å². The maximum atomic E-state index is 11.7. The van der Waals surface area contributed by atoms with Crippen LogP contribution in [0.3, 0.4) is 0 Å². The molecule has 1 aromatic rings. The van der Waals surface area contributed by atoms with E-state index >= 15 is 0 Å². The molecule has 0 aromatic heterocycles. The van der Waals surface area contributed by atoms with Gasteiger partial charge in [-0.3, -0.25) is 0 Å². The molecule has 0 atom stereocenters. The molecule has 0 aliphatic heterocycles. The molecule has 0 heterocycles. The van der Waals surface area contributed by atoms with Gasteiger partial charge in [0, 0.05) is 10.6 Å². The highest BCUT2D eigenvalue weighted by Crippen LogP contribution is 2.38. The molecule has 0 saturated carbocycles. The van der Waals surface area contributed by atoms with Crippen LogP contribution in [-0.2, 0) is 4.79 Å². The van der Waals surface area contributed by atoms with Gasteiger partial charge in [0.2, 0.25) is 0 Å². The van der Waals surface area contributed by atoms with Crippen LogP contribution in [0.25, 0.3) is 11.1 Å². The number of carboxylic acid groups (broad SMARTS) is 1. The Bertz CT molecular complexity index is 696. The molecular weight excluding hydrogens is 332 g/mol. The molecule has 0 unspecified atom stereocenters. The van der Waals surface area contributed by atoms with Crippen molar-refractivity contribution in [1.82, 2.24) is 0 Å². The molecule has 0 spiro atoms. The van der Waals surface area contributed by atoms with Crippen molar-refractivity contribution in [2.45, 2.75) is 73.6 Å². The Morgan fingerprint density at radius 1 is 1.04 bits per heavy atom. The molecule has 138 valence electrons. The molecule has 1 N–H and O–H groups in total. The Kier molecular flexibility index (Phi) is 8.44. The van der Waals surface area contributed by atoms with E-state index in [9.17, 15) is 9.90 Å². The lowest BCUT2D eigenvalue weighted by Crippen LogP contribution is -2.06. The number of carbonyl (C=O) groups is 1. The van der Waals surface area contributed by atoms with Crippen LogP contribution in [0.15, 0.2) is 23.3 Å². The summed E-state index contributed by atoms with van der Waals surface area (Å²) in [6, 6.07) is 3.90. The summed E-state index contributed by atoms with van der Waals surface area (Å²) >= 11 is 6.57. The quantitative estimate of drug-likeness (QED) is 0.493. The molecule has 0 fully saturated rings. The fourth-order valence-electron chi connectivity index (χ4n) is 3.47. The highest BCUT2D eigenvalue weighted by molar-refractivity contribution is 6.32. The third kappa shape index (κ3) is 4.76. The fourth-order valence-corrected chi connectivity index (χ4v) is 3.79. The van der Waals surface area contributed by atoms with Crippen LogP contribution >= 0.6 is 11.6 Å². The predicted octanol–water partition coefficient (Wildman–Crippen LogP) is 7.29. The minimum atomic E-state index is -0.821. The van der Waals surface area contributed by atoms with Gasteiger partial charge in [-0.25, -0.2) is 4.79 Å². The first-order chi connectivity index (χ1) is 11.8. The van der Waals surface area contributed by atoms with Crippen LogP contribution in [0.2, 0.25) is 5.02 Å². The molecule has 0 aliphatic carbocycles. The number of benzene rings is 1. The largest absolute Gasteiger partial charge is 0.478 e. The van der Waals surface area contributed by atoms with E-state index in [0.717, 1.165) is 53.0 Å². The smallest absolute Gasteiger partial charge is 0.331 e. The Morgan fingerprint density at radius 3 is 2.12 bits per heavy atom. The molecule has 25 heavy (non-hydrogen) atoms. The van der Waals surface area contributed by atoms with Gasteiger partial charge in [-0.2, -0.15) is 0 Å². The molecule has 0 saturated heterocycles. The molecule has 1 rings (SSSR count). The van der Waals surface area contributed by atoms with Crippen LogP contribution in [-0.4, -0.2) is 11.1 Å².